The zero-order chi connectivity index (χ0) is 14.5. The highest BCUT2D eigenvalue weighted by molar-refractivity contribution is 7.89. The standard InChI is InChI=1S/C12H16ClNO4S/c1-2-7-19(17,18)14-11(8-12(15)16)9-3-5-10(13)6-4-9/h3-6,11,14H,2,7-8H2,1H3,(H,15,16)/t11-/m1/s1. The molecule has 5 nitrogen and oxygen atoms in total. The van der Waals surface area contributed by atoms with Crippen molar-refractivity contribution >= 4 is 27.6 Å². The van der Waals surface area contributed by atoms with E-state index in [4.69, 9.17) is 16.7 Å². The summed E-state index contributed by atoms with van der Waals surface area (Å²) in [5, 5.41) is 9.37. The van der Waals surface area contributed by atoms with E-state index in [2.05, 4.69) is 4.72 Å². The van der Waals surface area contributed by atoms with Gasteiger partial charge in [-0.1, -0.05) is 30.7 Å². The SMILES string of the molecule is CCCS(=O)(=O)N[C@H](CC(=O)O)c1ccc(Cl)cc1. The molecule has 1 aromatic rings. The van der Waals surface area contributed by atoms with Crippen LogP contribution in [-0.4, -0.2) is 25.2 Å². The first-order valence-electron chi connectivity index (χ1n) is 5.81. The van der Waals surface area contributed by atoms with Gasteiger partial charge >= 0.3 is 5.97 Å². The van der Waals surface area contributed by atoms with Gasteiger partial charge in [-0.2, -0.15) is 0 Å². The number of rotatable bonds is 7. The molecule has 106 valence electrons. The molecular weight excluding hydrogens is 290 g/mol. The van der Waals surface area contributed by atoms with Crippen LogP contribution >= 0.6 is 11.6 Å². The molecule has 19 heavy (non-hydrogen) atoms. The zero-order valence-corrected chi connectivity index (χ0v) is 12.0. The Morgan fingerprint density at radius 1 is 1.37 bits per heavy atom. The molecule has 0 aliphatic rings. The van der Waals surface area contributed by atoms with Crippen LogP contribution in [-0.2, 0) is 14.8 Å². The van der Waals surface area contributed by atoms with Crippen LogP contribution < -0.4 is 4.72 Å². The van der Waals surface area contributed by atoms with Gasteiger partial charge in [0.05, 0.1) is 18.2 Å². The lowest BCUT2D eigenvalue weighted by molar-refractivity contribution is -0.137. The second kappa shape index (κ2) is 6.88. The van der Waals surface area contributed by atoms with Crippen molar-refractivity contribution in [3.8, 4) is 0 Å². The predicted octanol–water partition coefficient (Wildman–Crippen LogP) is 2.19. The maximum atomic E-state index is 11.7. The smallest absolute Gasteiger partial charge is 0.305 e. The summed E-state index contributed by atoms with van der Waals surface area (Å²) in [6, 6.07) is 5.64. The lowest BCUT2D eigenvalue weighted by Gasteiger charge is -2.17. The van der Waals surface area contributed by atoms with E-state index in [0.717, 1.165) is 0 Å². The fourth-order valence-corrected chi connectivity index (χ4v) is 3.08. The average molecular weight is 306 g/mol. The van der Waals surface area contributed by atoms with Crippen molar-refractivity contribution in [3.63, 3.8) is 0 Å². The van der Waals surface area contributed by atoms with Crippen LogP contribution in [0.25, 0.3) is 0 Å². The summed E-state index contributed by atoms with van der Waals surface area (Å²) in [5.74, 6) is -1.10. The largest absolute Gasteiger partial charge is 0.481 e. The first-order chi connectivity index (χ1) is 8.84. The highest BCUT2D eigenvalue weighted by Gasteiger charge is 2.21. The van der Waals surface area contributed by atoms with Crippen molar-refractivity contribution in [2.75, 3.05) is 5.75 Å². The number of halogens is 1. The predicted molar refractivity (Wildman–Crippen MR) is 73.7 cm³/mol. The number of carboxylic acids is 1. The van der Waals surface area contributed by atoms with Gasteiger partial charge in [0.1, 0.15) is 0 Å². The van der Waals surface area contributed by atoms with Crippen molar-refractivity contribution in [2.45, 2.75) is 25.8 Å². The number of hydrogen-bond donors (Lipinski definition) is 2. The highest BCUT2D eigenvalue weighted by atomic mass is 35.5. The summed E-state index contributed by atoms with van der Waals surface area (Å²) in [6.07, 6.45) is 0.153. The average Bonchev–Trinajstić information content (AvgIpc) is 2.27. The summed E-state index contributed by atoms with van der Waals surface area (Å²) in [5.41, 5.74) is 0.575. The van der Waals surface area contributed by atoms with Crippen molar-refractivity contribution in [1.29, 1.82) is 0 Å². The lowest BCUT2D eigenvalue weighted by Crippen LogP contribution is -2.32. The van der Waals surface area contributed by atoms with Crippen LogP contribution in [0.1, 0.15) is 31.4 Å². The lowest BCUT2D eigenvalue weighted by atomic mass is 10.1. The molecule has 1 aromatic carbocycles. The number of aliphatic carboxylic acids is 1. The van der Waals surface area contributed by atoms with Crippen molar-refractivity contribution in [2.24, 2.45) is 0 Å². The molecule has 0 aromatic heterocycles. The van der Waals surface area contributed by atoms with Crippen LogP contribution in [0.5, 0.6) is 0 Å². The third-order valence-corrected chi connectivity index (χ3v) is 4.29. The number of sulfonamides is 1. The zero-order valence-electron chi connectivity index (χ0n) is 10.5. The molecule has 0 radical (unpaired) electrons. The van der Waals surface area contributed by atoms with E-state index in [9.17, 15) is 13.2 Å². The fraction of sp³-hybridized carbons (Fsp3) is 0.417. The number of hydrogen-bond acceptors (Lipinski definition) is 3. The van der Waals surface area contributed by atoms with E-state index < -0.39 is 22.0 Å². The number of benzene rings is 1. The molecule has 0 spiro atoms. The van der Waals surface area contributed by atoms with Crippen LogP contribution in [0.15, 0.2) is 24.3 Å². The van der Waals surface area contributed by atoms with Gasteiger partial charge in [0, 0.05) is 5.02 Å². The molecule has 0 aliphatic carbocycles. The molecule has 2 N–H and O–H groups in total. The van der Waals surface area contributed by atoms with Crippen LogP contribution in [0.4, 0.5) is 0 Å². The monoisotopic (exact) mass is 305 g/mol. The molecule has 1 rings (SSSR count). The van der Waals surface area contributed by atoms with E-state index >= 15 is 0 Å². The molecule has 0 bridgehead atoms. The minimum absolute atomic E-state index is 0.0310. The van der Waals surface area contributed by atoms with Gasteiger partial charge in [-0.25, -0.2) is 13.1 Å². The van der Waals surface area contributed by atoms with Crippen molar-refractivity contribution < 1.29 is 18.3 Å². The Balaban J connectivity index is 2.95. The third-order valence-electron chi connectivity index (χ3n) is 2.45. The van der Waals surface area contributed by atoms with Crippen molar-refractivity contribution in [3.05, 3.63) is 34.9 Å². The maximum absolute atomic E-state index is 11.7. The van der Waals surface area contributed by atoms with Gasteiger partial charge in [0.15, 0.2) is 0 Å². The van der Waals surface area contributed by atoms with Gasteiger partial charge < -0.3 is 5.11 Å². The topological polar surface area (TPSA) is 83.5 Å². The quantitative estimate of drug-likeness (QED) is 0.809. The summed E-state index contributed by atoms with van der Waals surface area (Å²) >= 11 is 5.75. The molecule has 7 heteroatoms. The summed E-state index contributed by atoms with van der Waals surface area (Å²) in [7, 11) is -3.48. The molecule has 0 amide bonds. The number of carbonyl (C=O) groups is 1. The fourth-order valence-electron chi connectivity index (χ4n) is 1.64. The first kappa shape index (κ1) is 15.9. The van der Waals surface area contributed by atoms with E-state index in [0.29, 0.717) is 17.0 Å². The number of nitrogens with one attached hydrogen (secondary N) is 1. The van der Waals surface area contributed by atoms with Gasteiger partial charge in [-0.05, 0) is 24.1 Å². The highest BCUT2D eigenvalue weighted by Crippen LogP contribution is 2.20. The van der Waals surface area contributed by atoms with Gasteiger partial charge in [-0.3, -0.25) is 4.79 Å². The second-order valence-corrected chi connectivity index (χ2v) is 6.45. The normalized spacial score (nSPS) is 13.2. The van der Waals surface area contributed by atoms with E-state index in [1.165, 1.54) is 0 Å². The van der Waals surface area contributed by atoms with Crippen LogP contribution in [0.2, 0.25) is 5.02 Å². The summed E-state index contributed by atoms with van der Waals surface area (Å²) in [6.45, 7) is 1.74. The Kier molecular flexibility index (Phi) is 5.78. The Morgan fingerprint density at radius 2 is 1.95 bits per heavy atom. The van der Waals surface area contributed by atoms with Crippen LogP contribution in [0, 0.1) is 0 Å². The third kappa shape index (κ3) is 5.59. The first-order valence-corrected chi connectivity index (χ1v) is 7.84. The molecule has 0 saturated heterocycles. The number of carboxylic acid groups (broad SMARTS) is 1. The molecular formula is C12H16ClNO4S. The molecule has 1 atom stereocenters. The Hall–Kier alpha value is -1.11. The van der Waals surface area contributed by atoms with E-state index in [-0.39, 0.29) is 12.2 Å². The Morgan fingerprint density at radius 3 is 2.42 bits per heavy atom. The van der Waals surface area contributed by atoms with Gasteiger partial charge in [-0.15, -0.1) is 0 Å². The van der Waals surface area contributed by atoms with Gasteiger partial charge in [0.2, 0.25) is 10.0 Å². The molecule has 0 saturated carbocycles. The Bertz CT molecular complexity index is 527. The minimum atomic E-state index is -3.48. The van der Waals surface area contributed by atoms with Crippen molar-refractivity contribution in [1.82, 2.24) is 4.72 Å². The molecule has 0 unspecified atom stereocenters. The van der Waals surface area contributed by atoms with Gasteiger partial charge in [0.25, 0.3) is 0 Å². The van der Waals surface area contributed by atoms with E-state index in [1.807, 2.05) is 0 Å². The summed E-state index contributed by atoms with van der Waals surface area (Å²) in [4.78, 5) is 10.8. The molecule has 0 aliphatic heterocycles. The summed E-state index contributed by atoms with van der Waals surface area (Å²) < 4.78 is 25.9. The second-order valence-electron chi connectivity index (χ2n) is 4.14. The maximum Gasteiger partial charge on any atom is 0.305 e. The van der Waals surface area contributed by atoms with Crippen LogP contribution in [0.3, 0.4) is 0 Å². The minimum Gasteiger partial charge on any atom is -0.481 e. The molecule has 0 heterocycles. The Labute approximate surface area is 117 Å². The molecule has 0 fully saturated rings. The van der Waals surface area contributed by atoms with E-state index in [1.54, 1.807) is 31.2 Å².